The molecule has 0 spiro atoms. The van der Waals surface area contributed by atoms with Crippen LogP contribution in [-0.2, 0) is 0 Å². The van der Waals surface area contributed by atoms with Crippen LogP contribution in [0, 0.1) is 17.3 Å². The van der Waals surface area contributed by atoms with E-state index in [0.717, 1.165) is 18.8 Å². The van der Waals surface area contributed by atoms with E-state index in [0.29, 0.717) is 5.92 Å². The molecule has 3 unspecified atom stereocenters. The van der Waals surface area contributed by atoms with Gasteiger partial charge in [-0.25, -0.2) is 0 Å². The maximum atomic E-state index is 10.5. The molecule has 78 valence electrons. The highest BCUT2D eigenvalue weighted by atomic mass is 16.3. The van der Waals surface area contributed by atoms with Gasteiger partial charge in [0.2, 0.25) is 0 Å². The molecular formula is C12H24O. The highest BCUT2D eigenvalue weighted by molar-refractivity contribution is 4.95. The first-order valence-electron chi connectivity index (χ1n) is 5.49. The molecule has 1 aliphatic carbocycles. The number of aliphatic hydroxyl groups is 1. The zero-order valence-corrected chi connectivity index (χ0v) is 9.72. The molecule has 1 saturated carbocycles. The molecule has 0 aromatic heterocycles. The Labute approximate surface area is 82.5 Å². The first kappa shape index (κ1) is 11.0. The van der Waals surface area contributed by atoms with Crippen LogP contribution in [0.5, 0.6) is 0 Å². The van der Waals surface area contributed by atoms with Crippen molar-refractivity contribution in [2.45, 2.75) is 59.5 Å². The third-order valence-electron chi connectivity index (χ3n) is 4.04. The molecule has 13 heavy (non-hydrogen) atoms. The van der Waals surface area contributed by atoms with Crippen molar-refractivity contribution >= 4 is 0 Å². The molecule has 3 atom stereocenters. The van der Waals surface area contributed by atoms with Gasteiger partial charge < -0.3 is 5.11 Å². The third-order valence-corrected chi connectivity index (χ3v) is 4.04. The average Bonchev–Trinajstić information content (AvgIpc) is 1.95. The molecule has 1 fully saturated rings. The Morgan fingerprint density at radius 1 is 1.15 bits per heavy atom. The largest absolute Gasteiger partial charge is 0.389 e. The molecule has 1 heteroatoms. The summed E-state index contributed by atoms with van der Waals surface area (Å²) in [4.78, 5) is 0. The van der Waals surface area contributed by atoms with Crippen LogP contribution in [0.1, 0.15) is 53.9 Å². The van der Waals surface area contributed by atoms with E-state index in [-0.39, 0.29) is 5.41 Å². The molecule has 0 saturated heterocycles. The maximum Gasteiger partial charge on any atom is 0.0698 e. The molecule has 1 nitrogen and oxygen atoms in total. The summed E-state index contributed by atoms with van der Waals surface area (Å²) in [7, 11) is 0. The molecule has 1 N–H and O–H groups in total. The van der Waals surface area contributed by atoms with E-state index in [1.54, 1.807) is 0 Å². The Hall–Kier alpha value is -0.0400. The molecule has 0 aromatic carbocycles. The summed E-state index contributed by atoms with van der Waals surface area (Å²) in [5.41, 5.74) is -0.402. The molecule has 0 radical (unpaired) electrons. The molecule has 1 aliphatic rings. The fraction of sp³-hybridized carbons (Fsp3) is 1.00. The lowest BCUT2D eigenvalue weighted by atomic mass is 9.63. The normalized spacial score (nSPS) is 42.0. The van der Waals surface area contributed by atoms with Crippen LogP contribution in [0.25, 0.3) is 0 Å². The molecule has 0 bridgehead atoms. The van der Waals surface area contributed by atoms with E-state index in [1.165, 1.54) is 6.42 Å². The molecule has 0 aliphatic heterocycles. The third kappa shape index (κ3) is 2.07. The van der Waals surface area contributed by atoms with Crippen LogP contribution in [0.15, 0.2) is 0 Å². The minimum absolute atomic E-state index is 0.0292. The van der Waals surface area contributed by atoms with Gasteiger partial charge in [-0.05, 0) is 36.5 Å². The second-order valence-electron chi connectivity index (χ2n) is 5.98. The van der Waals surface area contributed by atoms with Crippen molar-refractivity contribution in [3.63, 3.8) is 0 Å². The van der Waals surface area contributed by atoms with Gasteiger partial charge in [0.15, 0.2) is 0 Å². The van der Waals surface area contributed by atoms with Gasteiger partial charge in [-0.3, -0.25) is 0 Å². The molecule has 0 amide bonds. The number of hydrogen-bond acceptors (Lipinski definition) is 1. The first-order valence-corrected chi connectivity index (χ1v) is 5.49. The summed E-state index contributed by atoms with van der Waals surface area (Å²) >= 11 is 0. The summed E-state index contributed by atoms with van der Waals surface area (Å²) in [5.74, 6) is 1.44. The van der Waals surface area contributed by atoms with Crippen LogP contribution in [0.4, 0.5) is 0 Å². The van der Waals surface area contributed by atoms with Gasteiger partial charge in [0.05, 0.1) is 5.60 Å². The van der Waals surface area contributed by atoms with Gasteiger partial charge in [-0.1, -0.05) is 34.6 Å². The van der Waals surface area contributed by atoms with E-state index in [2.05, 4.69) is 34.6 Å². The lowest BCUT2D eigenvalue weighted by Crippen LogP contribution is -2.47. The molecule has 0 aromatic rings. The summed E-state index contributed by atoms with van der Waals surface area (Å²) in [6.45, 7) is 11.0. The van der Waals surface area contributed by atoms with Crippen molar-refractivity contribution in [3.8, 4) is 0 Å². The summed E-state index contributed by atoms with van der Waals surface area (Å²) in [5, 5.41) is 10.5. The van der Waals surface area contributed by atoms with Crippen LogP contribution >= 0.6 is 0 Å². The standard InChI is InChI=1S/C12H24O/c1-9-6-7-12(13,8-10(9)2)11(3,4)5/h9-10,13H,6-8H2,1-5H3. The van der Waals surface area contributed by atoms with E-state index in [4.69, 9.17) is 0 Å². The van der Waals surface area contributed by atoms with E-state index in [1.807, 2.05) is 0 Å². The topological polar surface area (TPSA) is 20.2 Å². The van der Waals surface area contributed by atoms with Gasteiger partial charge in [0, 0.05) is 0 Å². The maximum absolute atomic E-state index is 10.5. The Bertz CT molecular complexity index is 180. The van der Waals surface area contributed by atoms with Crippen molar-refractivity contribution in [3.05, 3.63) is 0 Å². The van der Waals surface area contributed by atoms with Crippen LogP contribution in [0.3, 0.4) is 0 Å². The second-order valence-corrected chi connectivity index (χ2v) is 5.98. The van der Waals surface area contributed by atoms with Gasteiger partial charge >= 0.3 is 0 Å². The monoisotopic (exact) mass is 184 g/mol. The number of rotatable bonds is 0. The molecular weight excluding hydrogens is 160 g/mol. The quantitative estimate of drug-likeness (QED) is 0.613. The Kier molecular flexibility index (Phi) is 2.78. The second kappa shape index (κ2) is 3.27. The average molecular weight is 184 g/mol. The first-order chi connectivity index (χ1) is 5.76. The van der Waals surface area contributed by atoms with Crippen LogP contribution in [0.2, 0.25) is 0 Å². The lowest BCUT2D eigenvalue weighted by molar-refractivity contribution is -0.106. The van der Waals surface area contributed by atoms with Crippen molar-refractivity contribution in [1.82, 2.24) is 0 Å². The Morgan fingerprint density at radius 3 is 2.08 bits per heavy atom. The van der Waals surface area contributed by atoms with Gasteiger partial charge in [0.25, 0.3) is 0 Å². The molecule has 1 rings (SSSR count). The van der Waals surface area contributed by atoms with Gasteiger partial charge in [-0.2, -0.15) is 0 Å². The van der Waals surface area contributed by atoms with Crippen LogP contribution in [-0.4, -0.2) is 10.7 Å². The van der Waals surface area contributed by atoms with Gasteiger partial charge in [-0.15, -0.1) is 0 Å². The zero-order valence-electron chi connectivity index (χ0n) is 9.72. The van der Waals surface area contributed by atoms with Crippen molar-refractivity contribution < 1.29 is 5.11 Å². The Morgan fingerprint density at radius 2 is 1.69 bits per heavy atom. The fourth-order valence-electron chi connectivity index (χ4n) is 2.27. The summed E-state index contributed by atoms with van der Waals surface area (Å²) < 4.78 is 0. The van der Waals surface area contributed by atoms with Crippen molar-refractivity contribution in [2.75, 3.05) is 0 Å². The van der Waals surface area contributed by atoms with E-state index in [9.17, 15) is 5.11 Å². The molecule has 0 heterocycles. The fourth-order valence-corrected chi connectivity index (χ4v) is 2.27. The van der Waals surface area contributed by atoms with Crippen molar-refractivity contribution in [2.24, 2.45) is 17.3 Å². The summed E-state index contributed by atoms with van der Waals surface area (Å²) in [6, 6.07) is 0. The van der Waals surface area contributed by atoms with E-state index < -0.39 is 5.60 Å². The van der Waals surface area contributed by atoms with E-state index >= 15 is 0 Å². The van der Waals surface area contributed by atoms with Gasteiger partial charge in [0.1, 0.15) is 0 Å². The highest BCUT2D eigenvalue weighted by Gasteiger charge is 2.44. The minimum Gasteiger partial charge on any atom is -0.389 e. The predicted octanol–water partition coefficient (Wildman–Crippen LogP) is 3.22. The highest BCUT2D eigenvalue weighted by Crippen LogP contribution is 2.45. The SMILES string of the molecule is CC1CCC(O)(C(C)(C)C)CC1C. The smallest absolute Gasteiger partial charge is 0.0698 e. The predicted molar refractivity (Wildman–Crippen MR) is 56.6 cm³/mol. The van der Waals surface area contributed by atoms with Crippen LogP contribution < -0.4 is 0 Å². The minimum atomic E-state index is -0.432. The summed E-state index contributed by atoms with van der Waals surface area (Å²) in [6.07, 6.45) is 3.12. The lowest BCUT2D eigenvalue weighted by Gasteiger charge is -2.47. The number of hydrogen-bond donors (Lipinski definition) is 1. The zero-order chi connectivity index (χ0) is 10.3. The Balaban J connectivity index is 2.73. The van der Waals surface area contributed by atoms with Crippen molar-refractivity contribution in [1.29, 1.82) is 0 Å².